The van der Waals surface area contributed by atoms with Crippen molar-refractivity contribution in [3.8, 4) is 0 Å². The smallest absolute Gasteiger partial charge is 0.306 e. The Labute approximate surface area is 86.5 Å². The molecule has 0 heterocycles. The van der Waals surface area contributed by atoms with Crippen LogP contribution < -0.4 is 0 Å². The summed E-state index contributed by atoms with van der Waals surface area (Å²) in [6, 6.07) is 5.74. The Hall–Kier alpha value is -1.45. The van der Waals surface area contributed by atoms with E-state index >= 15 is 0 Å². The van der Waals surface area contributed by atoms with Gasteiger partial charge in [0.05, 0.1) is 5.92 Å². The van der Waals surface area contributed by atoms with Crippen molar-refractivity contribution >= 4 is 5.97 Å². The Morgan fingerprint density at radius 2 is 1.87 bits per heavy atom. The lowest BCUT2D eigenvalue weighted by atomic mass is 10.0. The highest BCUT2D eigenvalue weighted by molar-refractivity contribution is 5.69. The van der Waals surface area contributed by atoms with E-state index in [9.17, 15) is 13.6 Å². The van der Waals surface area contributed by atoms with Gasteiger partial charge in [0.15, 0.2) is 0 Å². The first-order valence-electron chi connectivity index (χ1n) is 4.60. The lowest BCUT2D eigenvalue weighted by Crippen LogP contribution is -2.12. The summed E-state index contributed by atoms with van der Waals surface area (Å²) in [6.07, 6.45) is -2.12. The molecular weight excluding hydrogens is 202 g/mol. The quantitative estimate of drug-likeness (QED) is 0.836. The van der Waals surface area contributed by atoms with E-state index in [1.54, 1.807) is 19.1 Å². The van der Waals surface area contributed by atoms with Crippen LogP contribution in [0.15, 0.2) is 24.3 Å². The average molecular weight is 214 g/mol. The number of carbonyl (C=O) groups is 1. The number of halogens is 2. The monoisotopic (exact) mass is 214 g/mol. The zero-order valence-electron chi connectivity index (χ0n) is 8.28. The molecule has 1 aromatic carbocycles. The maximum absolute atomic E-state index is 12.2. The largest absolute Gasteiger partial charge is 0.481 e. The van der Waals surface area contributed by atoms with Gasteiger partial charge < -0.3 is 5.11 Å². The summed E-state index contributed by atoms with van der Waals surface area (Å²) < 4.78 is 24.4. The SMILES string of the molecule is CC(Cc1ccc(C(F)F)cc1)C(=O)O. The minimum Gasteiger partial charge on any atom is -0.481 e. The van der Waals surface area contributed by atoms with E-state index in [0.717, 1.165) is 5.56 Å². The first-order chi connectivity index (χ1) is 7.00. The minimum atomic E-state index is -2.48. The molecule has 1 aromatic rings. The highest BCUT2D eigenvalue weighted by Crippen LogP contribution is 2.19. The molecule has 0 fully saturated rings. The molecule has 2 nitrogen and oxygen atoms in total. The van der Waals surface area contributed by atoms with Crippen molar-refractivity contribution in [2.24, 2.45) is 5.92 Å². The predicted molar refractivity (Wildman–Crippen MR) is 51.9 cm³/mol. The van der Waals surface area contributed by atoms with Gasteiger partial charge in [0.25, 0.3) is 6.43 Å². The van der Waals surface area contributed by atoms with Crippen LogP contribution in [0.2, 0.25) is 0 Å². The van der Waals surface area contributed by atoms with Crippen molar-refractivity contribution in [2.45, 2.75) is 19.8 Å². The van der Waals surface area contributed by atoms with Crippen molar-refractivity contribution in [2.75, 3.05) is 0 Å². The van der Waals surface area contributed by atoms with Gasteiger partial charge in [0, 0.05) is 5.56 Å². The van der Waals surface area contributed by atoms with Gasteiger partial charge in [0.1, 0.15) is 0 Å². The maximum atomic E-state index is 12.2. The van der Waals surface area contributed by atoms with Gasteiger partial charge in [-0.05, 0) is 12.0 Å². The van der Waals surface area contributed by atoms with Crippen molar-refractivity contribution in [3.05, 3.63) is 35.4 Å². The maximum Gasteiger partial charge on any atom is 0.306 e. The van der Waals surface area contributed by atoms with E-state index in [0.29, 0.717) is 6.42 Å². The van der Waals surface area contributed by atoms with Crippen LogP contribution in [0.1, 0.15) is 24.5 Å². The molecule has 1 atom stereocenters. The summed E-state index contributed by atoms with van der Waals surface area (Å²) in [6.45, 7) is 1.59. The second-order valence-corrected chi connectivity index (χ2v) is 3.49. The number of rotatable bonds is 4. The second kappa shape index (κ2) is 4.87. The van der Waals surface area contributed by atoms with Gasteiger partial charge in [-0.25, -0.2) is 8.78 Å². The summed E-state index contributed by atoms with van der Waals surface area (Å²) in [7, 11) is 0. The fourth-order valence-corrected chi connectivity index (χ4v) is 1.24. The number of carboxylic acid groups (broad SMARTS) is 1. The molecule has 0 spiro atoms. The van der Waals surface area contributed by atoms with Gasteiger partial charge in [-0.15, -0.1) is 0 Å². The van der Waals surface area contributed by atoms with Crippen molar-refractivity contribution in [1.29, 1.82) is 0 Å². The lowest BCUT2D eigenvalue weighted by Gasteiger charge is -2.06. The molecule has 82 valence electrons. The first-order valence-corrected chi connectivity index (χ1v) is 4.60. The van der Waals surface area contributed by atoms with Gasteiger partial charge in [-0.3, -0.25) is 4.79 Å². The standard InChI is InChI=1S/C11H12F2O2/c1-7(11(14)15)6-8-2-4-9(5-3-8)10(12)13/h2-5,7,10H,6H2,1H3,(H,14,15). The number of hydrogen-bond donors (Lipinski definition) is 1. The first kappa shape index (κ1) is 11.6. The van der Waals surface area contributed by atoms with Crippen molar-refractivity contribution in [1.82, 2.24) is 0 Å². The van der Waals surface area contributed by atoms with E-state index in [1.165, 1.54) is 12.1 Å². The van der Waals surface area contributed by atoms with Crippen LogP contribution in [0.5, 0.6) is 0 Å². The molecule has 0 saturated carbocycles. The summed E-state index contributed by atoms with van der Waals surface area (Å²) in [5, 5.41) is 8.67. The highest BCUT2D eigenvalue weighted by atomic mass is 19.3. The van der Waals surface area contributed by atoms with Crippen LogP contribution in [0, 0.1) is 5.92 Å². The molecule has 1 N–H and O–H groups in total. The van der Waals surface area contributed by atoms with E-state index < -0.39 is 18.3 Å². The van der Waals surface area contributed by atoms with E-state index in [2.05, 4.69) is 0 Å². The molecule has 0 aliphatic carbocycles. The van der Waals surface area contributed by atoms with Gasteiger partial charge in [-0.1, -0.05) is 31.2 Å². The predicted octanol–water partition coefficient (Wildman–Crippen LogP) is 2.89. The van der Waals surface area contributed by atoms with Crippen LogP contribution in [0.3, 0.4) is 0 Å². The molecule has 1 unspecified atom stereocenters. The Morgan fingerprint density at radius 1 is 1.33 bits per heavy atom. The number of aliphatic carboxylic acids is 1. The van der Waals surface area contributed by atoms with Crippen LogP contribution in [-0.4, -0.2) is 11.1 Å². The molecule has 1 rings (SSSR count). The Balaban J connectivity index is 2.68. The molecule has 0 aliphatic heterocycles. The lowest BCUT2D eigenvalue weighted by molar-refractivity contribution is -0.141. The molecular formula is C11H12F2O2. The number of benzene rings is 1. The van der Waals surface area contributed by atoms with Crippen molar-refractivity contribution < 1.29 is 18.7 Å². The Bertz CT molecular complexity index is 333. The number of carboxylic acids is 1. The molecule has 0 aliphatic rings. The molecule has 0 aromatic heterocycles. The molecule has 0 saturated heterocycles. The van der Waals surface area contributed by atoms with E-state index in [1.807, 2.05) is 0 Å². The molecule has 0 amide bonds. The van der Waals surface area contributed by atoms with Crippen LogP contribution in [-0.2, 0) is 11.2 Å². The summed E-state index contributed by atoms with van der Waals surface area (Å²) in [5.74, 6) is -1.38. The summed E-state index contributed by atoms with van der Waals surface area (Å²) in [4.78, 5) is 10.6. The zero-order chi connectivity index (χ0) is 11.4. The summed E-state index contributed by atoms with van der Waals surface area (Å²) in [5.41, 5.74) is 0.719. The molecule has 4 heteroatoms. The third-order valence-electron chi connectivity index (χ3n) is 2.20. The third-order valence-corrected chi connectivity index (χ3v) is 2.20. The third kappa shape index (κ3) is 3.31. The molecule has 15 heavy (non-hydrogen) atoms. The van der Waals surface area contributed by atoms with Crippen LogP contribution in [0.25, 0.3) is 0 Å². The number of hydrogen-bond acceptors (Lipinski definition) is 1. The number of alkyl halides is 2. The van der Waals surface area contributed by atoms with Gasteiger partial charge >= 0.3 is 5.97 Å². The topological polar surface area (TPSA) is 37.3 Å². The molecule has 0 bridgehead atoms. The fourth-order valence-electron chi connectivity index (χ4n) is 1.24. The normalized spacial score (nSPS) is 12.8. The van der Waals surface area contributed by atoms with Crippen LogP contribution >= 0.6 is 0 Å². The Morgan fingerprint density at radius 3 is 2.27 bits per heavy atom. The Kier molecular flexibility index (Phi) is 3.77. The van der Waals surface area contributed by atoms with Crippen LogP contribution in [0.4, 0.5) is 8.78 Å². The van der Waals surface area contributed by atoms with Crippen molar-refractivity contribution in [3.63, 3.8) is 0 Å². The average Bonchev–Trinajstić information content (AvgIpc) is 2.18. The van der Waals surface area contributed by atoms with E-state index in [4.69, 9.17) is 5.11 Å². The van der Waals surface area contributed by atoms with Gasteiger partial charge in [0.2, 0.25) is 0 Å². The second-order valence-electron chi connectivity index (χ2n) is 3.49. The fraction of sp³-hybridized carbons (Fsp3) is 0.364. The van der Waals surface area contributed by atoms with Gasteiger partial charge in [-0.2, -0.15) is 0 Å². The minimum absolute atomic E-state index is 0.0401. The summed E-state index contributed by atoms with van der Waals surface area (Å²) >= 11 is 0. The molecule has 0 radical (unpaired) electrons. The van der Waals surface area contributed by atoms with E-state index in [-0.39, 0.29) is 5.56 Å². The zero-order valence-corrected chi connectivity index (χ0v) is 8.28. The highest BCUT2D eigenvalue weighted by Gasteiger charge is 2.12.